The number of benzene rings is 1. The first-order chi connectivity index (χ1) is 9.68. The van der Waals surface area contributed by atoms with Crippen LogP contribution in [0.25, 0.3) is 0 Å². The zero-order valence-corrected chi connectivity index (χ0v) is 12.8. The minimum atomic E-state index is -4.47. The Balaban J connectivity index is 2.40. The van der Waals surface area contributed by atoms with Gasteiger partial charge in [0, 0.05) is 30.8 Å². The summed E-state index contributed by atoms with van der Waals surface area (Å²) in [6, 6.07) is 3.80. The van der Waals surface area contributed by atoms with Gasteiger partial charge in [-0.05, 0) is 18.2 Å². The highest BCUT2D eigenvalue weighted by molar-refractivity contribution is 8.14. The van der Waals surface area contributed by atoms with E-state index in [1.165, 1.54) is 24.0 Å². The standard InChI is InChI=1S/C12H14N2O5S2/c1-7(15)20-9-5-12(16)14(6-9)10-4-8(13)2-3-11(10)21(17,18)19/h2-4,9H,5-6,13H2,1H3,(H,17,18,19). The number of thioether (sulfide) groups is 1. The number of nitrogens with two attached hydrogens (primary N) is 1. The summed E-state index contributed by atoms with van der Waals surface area (Å²) in [5, 5.41) is -0.358. The summed E-state index contributed by atoms with van der Waals surface area (Å²) in [4.78, 5) is 24.0. The maximum atomic E-state index is 12.0. The summed E-state index contributed by atoms with van der Waals surface area (Å²) in [6.45, 7) is 1.59. The largest absolute Gasteiger partial charge is 0.399 e. The second-order valence-electron chi connectivity index (χ2n) is 4.64. The molecule has 1 atom stereocenters. The lowest BCUT2D eigenvalue weighted by molar-refractivity contribution is -0.117. The van der Waals surface area contributed by atoms with E-state index < -0.39 is 10.1 Å². The van der Waals surface area contributed by atoms with E-state index in [-0.39, 0.29) is 45.5 Å². The van der Waals surface area contributed by atoms with E-state index in [0.717, 1.165) is 17.8 Å². The zero-order valence-electron chi connectivity index (χ0n) is 11.1. The van der Waals surface area contributed by atoms with Gasteiger partial charge >= 0.3 is 0 Å². The fourth-order valence-electron chi connectivity index (χ4n) is 2.18. The second-order valence-corrected chi connectivity index (χ2v) is 7.51. The Labute approximate surface area is 126 Å². The lowest BCUT2D eigenvalue weighted by Gasteiger charge is -2.19. The van der Waals surface area contributed by atoms with Gasteiger partial charge in [-0.3, -0.25) is 14.1 Å². The molecule has 1 unspecified atom stereocenters. The normalized spacial score (nSPS) is 19.0. The van der Waals surface area contributed by atoms with Gasteiger partial charge in [-0.2, -0.15) is 8.42 Å². The SMILES string of the molecule is CC(=O)SC1CC(=O)N(c2cc(N)ccc2S(=O)(=O)O)C1. The highest BCUT2D eigenvalue weighted by Gasteiger charge is 2.34. The van der Waals surface area contributed by atoms with Gasteiger partial charge < -0.3 is 10.6 Å². The minimum Gasteiger partial charge on any atom is -0.399 e. The van der Waals surface area contributed by atoms with E-state index in [0.29, 0.717) is 0 Å². The molecule has 21 heavy (non-hydrogen) atoms. The van der Waals surface area contributed by atoms with Crippen LogP contribution in [0.1, 0.15) is 13.3 Å². The first kappa shape index (κ1) is 15.8. The van der Waals surface area contributed by atoms with Crippen molar-refractivity contribution in [3.05, 3.63) is 18.2 Å². The first-order valence-corrected chi connectivity index (χ1v) is 8.35. The van der Waals surface area contributed by atoms with Crippen LogP contribution in [-0.4, -0.2) is 35.8 Å². The molecule has 1 heterocycles. The molecule has 2 rings (SSSR count). The van der Waals surface area contributed by atoms with Crippen LogP contribution in [0.5, 0.6) is 0 Å². The summed E-state index contributed by atoms with van der Waals surface area (Å²) in [5.41, 5.74) is 5.93. The predicted octanol–water partition coefficient (Wildman–Crippen LogP) is 0.901. The molecule has 9 heteroatoms. The van der Waals surface area contributed by atoms with Crippen molar-refractivity contribution < 1.29 is 22.6 Å². The van der Waals surface area contributed by atoms with Crippen LogP contribution in [0.15, 0.2) is 23.1 Å². The minimum absolute atomic E-state index is 0.0363. The second kappa shape index (κ2) is 5.66. The van der Waals surface area contributed by atoms with Gasteiger partial charge in [-0.25, -0.2) is 0 Å². The molecule has 1 fully saturated rings. The molecule has 1 aliphatic heterocycles. The van der Waals surface area contributed by atoms with Crippen molar-refractivity contribution in [2.75, 3.05) is 17.2 Å². The van der Waals surface area contributed by atoms with Gasteiger partial charge in [0.25, 0.3) is 10.1 Å². The van der Waals surface area contributed by atoms with Crippen molar-refractivity contribution in [3.8, 4) is 0 Å². The van der Waals surface area contributed by atoms with Gasteiger partial charge in [0.05, 0.1) is 5.69 Å². The van der Waals surface area contributed by atoms with Crippen LogP contribution in [-0.2, 0) is 19.7 Å². The third kappa shape index (κ3) is 3.55. The average Bonchev–Trinajstić information content (AvgIpc) is 2.67. The van der Waals surface area contributed by atoms with Crippen LogP contribution in [0.3, 0.4) is 0 Å². The number of anilines is 2. The van der Waals surface area contributed by atoms with E-state index in [9.17, 15) is 22.6 Å². The summed E-state index contributed by atoms with van der Waals surface area (Å²) in [7, 11) is -4.47. The van der Waals surface area contributed by atoms with E-state index >= 15 is 0 Å². The van der Waals surface area contributed by atoms with E-state index in [1.54, 1.807) is 0 Å². The molecule has 3 N–H and O–H groups in total. The predicted molar refractivity (Wildman–Crippen MR) is 79.7 cm³/mol. The number of nitrogens with zero attached hydrogens (tertiary/aromatic N) is 1. The van der Waals surface area contributed by atoms with Crippen molar-refractivity contribution in [2.45, 2.75) is 23.5 Å². The Morgan fingerprint density at radius 2 is 2.14 bits per heavy atom. The van der Waals surface area contributed by atoms with Crippen LogP contribution in [0, 0.1) is 0 Å². The zero-order chi connectivity index (χ0) is 15.8. The maximum absolute atomic E-state index is 12.0. The lowest BCUT2D eigenvalue weighted by atomic mass is 10.2. The van der Waals surface area contributed by atoms with Crippen molar-refractivity contribution in [1.82, 2.24) is 0 Å². The molecule has 1 aliphatic rings. The molecule has 1 saturated heterocycles. The third-order valence-corrected chi connectivity index (χ3v) is 4.86. The topological polar surface area (TPSA) is 118 Å². The van der Waals surface area contributed by atoms with Crippen molar-refractivity contribution >= 4 is 44.3 Å². The van der Waals surface area contributed by atoms with Gasteiger partial charge in [-0.15, -0.1) is 0 Å². The van der Waals surface area contributed by atoms with Gasteiger partial charge in [0.15, 0.2) is 5.12 Å². The fourth-order valence-corrected chi connectivity index (χ4v) is 3.78. The Hall–Kier alpha value is -1.58. The molecule has 0 saturated carbocycles. The summed E-state index contributed by atoms with van der Waals surface area (Å²) >= 11 is 1.04. The lowest BCUT2D eigenvalue weighted by Crippen LogP contribution is -2.27. The van der Waals surface area contributed by atoms with Crippen LogP contribution in [0.4, 0.5) is 11.4 Å². The molecule has 0 bridgehead atoms. The maximum Gasteiger partial charge on any atom is 0.296 e. The molecule has 1 amide bonds. The number of rotatable bonds is 3. The number of carbonyl (C=O) groups is 2. The monoisotopic (exact) mass is 330 g/mol. The molecule has 7 nitrogen and oxygen atoms in total. The van der Waals surface area contributed by atoms with Gasteiger partial charge in [0.1, 0.15) is 4.90 Å². The Morgan fingerprint density at radius 3 is 2.71 bits per heavy atom. The highest BCUT2D eigenvalue weighted by Crippen LogP contribution is 2.33. The molecule has 114 valence electrons. The van der Waals surface area contributed by atoms with Gasteiger partial charge in [0.2, 0.25) is 5.91 Å². The number of carbonyl (C=O) groups excluding carboxylic acids is 2. The summed E-state index contributed by atoms with van der Waals surface area (Å²) in [5.74, 6) is -0.316. The Bertz CT molecular complexity index is 702. The van der Waals surface area contributed by atoms with E-state index in [1.807, 2.05) is 0 Å². The van der Waals surface area contributed by atoms with E-state index in [2.05, 4.69) is 0 Å². The molecular formula is C12H14N2O5S2. The molecular weight excluding hydrogens is 316 g/mol. The van der Waals surface area contributed by atoms with Crippen LogP contribution < -0.4 is 10.6 Å². The van der Waals surface area contributed by atoms with Crippen molar-refractivity contribution in [3.63, 3.8) is 0 Å². The molecule has 0 aromatic heterocycles. The van der Waals surface area contributed by atoms with Crippen molar-refractivity contribution in [2.24, 2.45) is 0 Å². The molecule has 0 aliphatic carbocycles. The molecule has 1 aromatic rings. The van der Waals surface area contributed by atoms with Crippen LogP contribution in [0.2, 0.25) is 0 Å². The number of amides is 1. The first-order valence-electron chi connectivity index (χ1n) is 6.03. The van der Waals surface area contributed by atoms with E-state index in [4.69, 9.17) is 5.73 Å². The fraction of sp³-hybridized carbons (Fsp3) is 0.333. The quantitative estimate of drug-likeness (QED) is 0.624. The van der Waals surface area contributed by atoms with Gasteiger partial charge in [-0.1, -0.05) is 11.8 Å². The molecule has 1 aromatic carbocycles. The number of hydrogen-bond donors (Lipinski definition) is 2. The Morgan fingerprint density at radius 1 is 1.48 bits per heavy atom. The average molecular weight is 330 g/mol. The van der Waals surface area contributed by atoms with Crippen LogP contribution >= 0.6 is 11.8 Å². The highest BCUT2D eigenvalue weighted by atomic mass is 32.2. The van der Waals surface area contributed by atoms with Crippen molar-refractivity contribution in [1.29, 1.82) is 0 Å². The summed E-state index contributed by atoms with van der Waals surface area (Å²) < 4.78 is 32.1. The number of hydrogen-bond acceptors (Lipinski definition) is 6. The smallest absolute Gasteiger partial charge is 0.296 e. The third-order valence-electron chi connectivity index (χ3n) is 2.97. The summed E-state index contributed by atoms with van der Waals surface area (Å²) in [6.07, 6.45) is 0.129. The number of nitrogen functional groups attached to an aromatic ring is 1. The molecule has 0 radical (unpaired) electrons. The molecule has 0 spiro atoms. The Kier molecular flexibility index (Phi) is 4.26.